The molecule has 0 spiro atoms. The Morgan fingerprint density at radius 2 is 1.94 bits per heavy atom. The van der Waals surface area contributed by atoms with Gasteiger partial charge < -0.3 is 4.90 Å². The number of likely N-dealkylation sites (N-methyl/N-ethyl adjacent to an activating group) is 1. The summed E-state index contributed by atoms with van der Waals surface area (Å²) in [6.45, 7) is 0. The summed E-state index contributed by atoms with van der Waals surface area (Å²) in [5.41, 5.74) is 1.07. The van der Waals surface area contributed by atoms with E-state index in [1.54, 1.807) is 0 Å². The molecule has 1 aromatic rings. The summed E-state index contributed by atoms with van der Waals surface area (Å²) in [5, 5.41) is 0.114. The molecule has 1 saturated carbocycles. The first-order valence-electron chi connectivity index (χ1n) is 6.62. The zero-order valence-electron chi connectivity index (χ0n) is 10.8. The predicted molar refractivity (Wildman–Crippen MR) is 74.8 cm³/mol. The van der Waals surface area contributed by atoms with Crippen LogP contribution in [0.25, 0.3) is 0 Å². The molecule has 0 radical (unpaired) electrons. The first kappa shape index (κ1) is 13.4. The molecule has 2 nitrogen and oxygen atoms in total. The standard InChI is InChI=1S/C15H20ClNO/c1-17(14-10-6-5-9-13(14)16)15(18)11-12-7-3-2-4-8-12/h2-4,7-8,13-14H,5-6,9-11H2,1H3. The molecule has 0 aromatic heterocycles. The average molecular weight is 266 g/mol. The summed E-state index contributed by atoms with van der Waals surface area (Å²) in [6.07, 6.45) is 4.89. The minimum absolute atomic E-state index is 0.114. The maximum Gasteiger partial charge on any atom is 0.227 e. The summed E-state index contributed by atoms with van der Waals surface area (Å²) >= 11 is 6.33. The zero-order valence-corrected chi connectivity index (χ0v) is 11.6. The second kappa shape index (κ2) is 6.24. The Labute approximate surface area is 114 Å². The van der Waals surface area contributed by atoms with Crippen LogP contribution in [-0.2, 0) is 11.2 Å². The SMILES string of the molecule is CN(C(=O)Cc1ccccc1)C1CCCCC1Cl. The van der Waals surface area contributed by atoms with E-state index < -0.39 is 0 Å². The summed E-state index contributed by atoms with van der Waals surface area (Å²) in [4.78, 5) is 14.1. The summed E-state index contributed by atoms with van der Waals surface area (Å²) < 4.78 is 0. The Morgan fingerprint density at radius 3 is 2.61 bits per heavy atom. The van der Waals surface area contributed by atoms with Crippen molar-refractivity contribution in [1.82, 2.24) is 4.90 Å². The van der Waals surface area contributed by atoms with E-state index >= 15 is 0 Å². The van der Waals surface area contributed by atoms with Gasteiger partial charge in [0.15, 0.2) is 0 Å². The number of halogens is 1. The van der Waals surface area contributed by atoms with Crippen molar-refractivity contribution in [3.05, 3.63) is 35.9 Å². The van der Waals surface area contributed by atoms with Crippen LogP contribution in [0.15, 0.2) is 30.3 Å². The van der Waals surface area contributed by atoms with Crippen molar-refractivity contribution >= 4 is 17.5 Å². The third-order valence-electron chi connectivity index (χ3n) is 3.74. The summed E-state index contributed by atoms with van der Waals surface area (Å²) in [6, 6.07) is 10.1. The number of rotatable bonds is 3. The van der Waals surface area contributed by atoms with Gasteiger partial charge in [-0.1, -0.05) is 43.2 Å². The molecular weight excluding hydrogens is 246 g/mol. The van der Waals surface area contributed by atoms with Crippen LogP contribution in [-0.4, -0.2) is 29.3 Å². The maximum atomic E-state index is 12.2. The second-order valence-electron chi connectivity index (χ2n) is 5.03. The number of alkyl halides is 1. The molecule has 2 rings (SSSR count). The number of amides is 1. The molecule has 0 heterocycles. The van der Waals surface area contributed by atoms with Gasteiger partial charge in [0.25, 0.3) is 0 Å². The quantitative estimate of drug-likeness (QED) is 0.769. The molecule has 0 bridgehead atoms. The number of carbonyl (C=O) groups is 1. The van der Waals surface area contributed by atoms with Crippen LogP contribution in [0.3, 0.4) is 0 Å². The van der Waals surface area contributed by atoms with Gasteiger partial charge in [0.05, 0.1) is 11.8 Å². The molecule has 1 aliphatic carbocycles. The molecule has 0 saturated heterocycles. The van der Waals surface area contributed by atoms with Gasteiger partial charge in [-0.2, -0.15) is 0 Å². The van der Waals surface area contributed by atoms with E-state index in [2.05, 4.69) is 0 Å². The van der Waals surface area contributed by atoms with E-state index in [9.17, 15) is 4.79 Å². The zero-order chi connectivity index (χ0) is 13.0. The Morgan fingerprint density at radius 1 is 1.28 bits per heavy atom. The lowest BCUT2D eigenvalue weighted by Crippen LogP contribution is -2.44. The van der Waals surface area contributed by atoms with Crippen LogP contribution in [0.1, 0.15) is 31.2 Å². The van der Waals surface area contributed by atoms with Gasteiger partial charge in [-0.3, -0.25) is 4.79 Å². The highest BCUT2D eigenvalue weighted by Gasteiger charge is 2.29. The fourth-order valence-electron chi connectivity index (χ4n) is 2.58. The number of carbonyl (C=O) groups excluding carboxylic acids is 1. The first-order chi connectivity index (χ1) is 8.68. The third kappa shape index (κ3) is 3.26. The van der Waals surface area contributed by atoms with Gasteiger partial charge in [0, 0.05) is 13.1 Å². The Kier molecular flexibility index (Phi) is 4.65. The smallest absolute Gasteiger partial charge is 0.227 e. The van der Waals surface area contributed by atoms with E-state index in [1.165, 1.54) is 12.8 Å². The predicted octanol–water partition coefficient (Wildman–Crippen LogP) is 3.24. The highest BCUT2D eigenvalue weighted by Crippen LogP contribution is 2.26. The van der Waals surface area contributed by atoms with Crippen molar-refractivity contribution < 1.29 is 4.79 Å². The summed E-state index contributed by atoms with van der Waals surface area (Å²) in [5.74, 6) is 0.166. The molecule has 1 amide bonds. The van der Waals surface area contributed by atoms with E-state index in [0.29, 0.717) is 6.42 Å². The molecule has 2 atom stereocenters. The average Bonchev–Trinajstić information content (AvgIpc) is 2.39. The molecule has 1 aliphatic rings. The van der Waals surface area contributed by atoms with Gasteiger partial charge in [-0.05, 0) is 18.4 Å². The monoisotopic (exact) mass is 265 g/mol. The van der Waals surface area contributed by atoms with E-state index in [0.717, 1.165) is 18.4 Å². The molecule has 98 valence electrons. The minimum Gasteiger partial charge on any atom is -0.341 e. The Hall–Kier alpha value is -1.02. The first-order valence-corrected chi connectivity index (χ1v) is 7.06. The minimum atomic E-state index is 0.114. The highest BCUT2D eigenvalue weighted by molar-refractivity contribution is 6.21. The number of hydrogen-bond donors (Lipinski definition) is 0. The van der Waals surface area contributed by atoms with E-state index in [1.807, 2.05) is 42.3 Å². The van der Waals surface area contributed by atoms with Crippen LogP contribution < -0.4 is 0 Å². The van der Waals surface area contributed by atoms with Crippen molar-refractivity contribution in [3.63, 3.8) is 0 Å². The molecule has 2 unspecified atom stereocenters. The van der Waals surface area contributed by atoms with Gasteiger partial charge >= 0.3 is 0 Å². The molecule has 0 aliphatic heterocycles. The molecule has 0 N–H and O–H groups in total. The van der Waals surface area contributed by atoms with Crippen molar-refractivity contribution in [1.29, 1.82) is 0 Å². The second-order valence-corrected chi connectivity index (χ2v) is 5.60. The fraction of sp³-hybridized carbons (Fsp3) is 0.533. The fourth-order valence-corrected chi connectivity index (χ4v) is 3.03. The van der Waals surface area contributed by atoms with Crippen LogP contribution in [0.4, 0.5) is 0 Å². The normalized spacial score (nSPS) is 23.7. The highest BCUT2D eigenvalue weighted by atomic mass is 35.5. The van der Waals surface area contributed by atoms with Crippen molar-refractivity contribution in [2.45, 2.75) is 43.5 Å². The number of benzene rings is 1. The van der Waals surface area contributed by atoms with Crippen LogP contribution in [0.5, 0.6) is 0 Å². The lowest BCUT2D eigenvalue weighted by molar-refractivity contribution is -0.131. The Bertz CT molecular complexity index is 393. The topological polar surface area (TPSA) is 20.3 Å². The van der Waals surface area contributed by atoms with Crippen molar-refractivity contribution in [2.75, 3.05) is 7.05 Å². The lowest BCUT2D eigenvalue weighted by Gasteiger charge is -2.35. The van der Waals surface area contributed by atoms with Gasteiger partial charge in [-0.25, -0.2) is 0 Å². The van der Waals surface area contributed by atoms with Gasteiger partial charge in [0.2, 0.25) is 5.91 Å². The van der Waals surface area contributed by atoms with E-state index in [4.69, 9.17) is 11.6 Å². The van der Waals surface area contributed by atoms with Crippen molar-refractivity contribution in [3.8, 4) is 0 Å². The van der Waals surface area contributed by atoms with Gasteiger partial charge in [-0.15, -0.1) is 11.6 Å². The van der Waals surface area contributed by atoms with E-state index in [-0.39, 0.29) is 17.3 Å². The number of nitrogens with zero attached hydrogens (tertiary/aromatic N) is 1. The summed E-state index contributed by atoms with van der Waals surface area (Å²) in [7, 11) is 1.89. The van der Waals surface area contributed by atoms with Crippen LogP contribution >= 0.6 is 11.6 Å². The maximum absolute atomic E-state index is 12.2. The van der Waals surface area contributed by atoms with Gasteiger partial charge in [0.1, 0.15) is 0 Å². The lowest BCUT2D eigenvalue weighted by atomic mass is 9.93. The molecule has 18 heavy (non-hydrogen) atoms. The molecule has 3 heteroatoms. The largest absolute Gasteiger partial charge is 0.341 e. The van der Waals surface area contributed by atoms with Crippen molar-refractivity contribution in [2.24, 2.45) is 0 Å². The third-order valence-corrected chi connectivity index (χ3v) is 4.25. The molecular formula is C15H20ClNO. The van der Waals surface area contributed by atoms with Crippen LogP contribution in [0, 0.1) is 0 Å². The Balaban J connectivity index is 1.96. The number of hydrogen-bond acceptors (Lipinski definition) is 1. The molecule has 1 aromatic carbocycles. The molecule has 1 fully saturated rings. The van der Waals surface area contributed by atoms with Crippen LogP contribution in [0.2, 0.25) is 0 Å².